The van der Waals surface area contributed by atoms with Gasteiger partial charge in [-0.3, -0.25) is 4.79 Å². The number of carbonyl (C=O) groups excluding carboxylic acids is 1. The van der Waals surface area contributed by atoms with Crippen LogP contribution in [0.5, 0.6) is 0 Å². The quantitative estimate of drug-likeness (QED) is 0.780. The van der Waals surface area contributed by atoms with Crippen LogP contribution in [-0.2, 0) is 4.79 Å². The monoisotopic (exact) mass is 246 g/mol. The molecule has 0 aliphatic rings. The fourth-order valence-electron chi connectivity index (χ4n) is 1.49. The van der Waals surface area contributed by atoms with E-state index in [0.29, 0.717) is 10.7 Å². The minimum atomic E-state index is -0.0475. The molecule has 0 unspecified atom stereocenters. The van der Waals surface area contributed by atoms with Crippen LogP contribution in [0.15, 0.2) is 42.7 Å². The first kappa shape index (κ1) is 11.6. The minimum absolute atomic E-state index is 0.0475. The summed E-state index contributed by atoms with van der Waals surface area (Å²) in [5, 5.41) is 4.69. The number of rotatable bonds is 3. The summed E-state index contributed by atoms with van der Waals surface area (Å²) < 4.78 is 1.54. The van der Waals surface area contributed by atoms with Gasteiger partial charge in [0.25, 0.3) is 0 Å². The van der Waals surface area contributed by atoms with E-state index >= 15 is 0 Å². The second-order valence-corrected chi connectivity index (χ2v) is 4.03. The zero-order valence-corrected chi connectivity index (χ0v) is 10.1. The Morgan fingerprint density at radius 3 is 2.82 bits per heavy atom. The summed E-state index contributed by atoms with van der Waals surface area (Å²) in [5.74, 6) is -0.0475. The summed E-state index contributed by atoms with van der Waals surface area (Å²) in [6.45, 7) is 1.51. The zero-order chi connectivity index (χ0) is 12.3. The number of nitrogens with zero attached hydrogens (tertiary/aromatic N) is 2. The SMILES string of the molecule is CC(=O)/C(=C/c1cccc(Cl)c1)n1cccn1. The first-order chi connectivity index (χ1) is 8.16. The summed E-state index contributed by atoms with van der Waals surface area (Å²) in [5.41, 5.74) is 1.38. The smallest absolute Gasteiger partial charge is 0.178 e. The van der Waals surface area contributed by atoms with E-state index in [2.05, 4.69) is 5.10 Å². The number of ketones is 1. The molecule has 17 heavy (non-hydrogen) atoms. The van der Waals surface area contributed by atoms with Gasteiger partial charge in [-0.15, -0.1) is 0 Å². The first-order valence-corrected chi connectivity index (χ1v) is 5.53. The zero-order valence-electron chi connectivity index (χ0n) is 9.30. The van der Waals surface area contributed by atoms with Crippen molar-refractivity contribution in [1.82, 2.24) is 9.78 Å². The van der Waals surface area contributed by atoms with Gasteiger partial charge in [-0.1, -0.05) is 23.7 Å². The normalized spacial score (nSPS) is 11.5. The molecule has 0 spiro atoms. The van der Waals surface area contributed by atoms with Crippen molar-refractivity contribution in [3.63, 3.8) is 0 Å². The van der Waals surface area contributed by atoms with E-state index in [0.717, 1.165) is 5.56 Å². The van der Waals surface area contributed by atoms with Crippen molar-refractivity contribution in [1.29, 1.82) is 0 Å². The molecule has 0 radical (unpaired) electrons. The van der Waals surface area contributed by atoms with E-state index in [-0.39, 0.29) is 5.78 Å². The molecule has 1 aromatic heterocycles. The number of benzene rings is 1. The van der Waals surface area contributed by atoms with Crippen molar-refractivity contribution in [3.05, 3.63) is 53.3 Å². The van der Waals surface area contributed by atoms with Crippen molar-refractivity contribution in [2.24, 2.45) is 0 Å². The molecule has 0 bridgehead atoms. The molecule has 0 saturated carbocycles. The highest BCUT2D eigenvalue weighted by molar-refractivity contribution is 6.30. The summed E-state index contributed by atoms with van der Waals surface area (Å²) in [4.78, 5) is 11.6. The lowest BCUT2D eigenvalue weighted by Crippen LogP contribution is -2.05. The van der Waals surface area contributed by atoms with E-state index < -0.39 is 0 Å². The number of allylic oxidation sites excluding steroid dienone is 1. The molecule has 0 amide bonds. The van der Waals surface area contributed by atoms with E-state index in [9.17, 15) is 4.79 Å². The fourth-order valence-corrected chi connectivity index (χ4v) is 1.69. The third-order valence-electron chi connectivity index (χ3n) is 2.26. The van der Waals surface area contributed by atoms with Crippen molar-refractivity contribution < 1.29 is 4.79 Å². The number of carbonyl (C=O) groups is 1. The molecule has 0 aliphatic heterocycles. The fraction of sp³-hybridized carbons (Fsp3) is 0.0769. The molecule has 0 N–H and O–H groups in total. The van der Waals surface area contributed by atoms with E-state index in [1.807, 2.05) is 12.1 Å². The molecule has 0 aliphatic carbocycles. The van der Waals surface area contributed by atoms with Gasteiger partial charge in [-0.2, -0.15) is 5.10 Å². The topological polar surface area (TPSA) is 34.9 Å². The number of Topliss-reactive ketones (excluding diaryl/α,β-unsaturated/α-hetero) is 1. The Hall–Kier alpha value is -1.87. The average Bonchev–Trinajstić information content (AvgIpc) is 2.78. The maximum Gasteiger partial charge on any atom is 0.178 e. The molecule has 2 rings (SSSR count). The standard InChI is InChI=1S/C13H11ClN2O/c1-10(17)13(16-7-3-6-15-16)9-11-4-2-5-12(14)8-11/h2-9H,1H3/b13-9-. The molecular formula is C13H11ClN2O. The van der Waals surface area contributed by atoms with Crippen molar-refractivity contribution in [2.75, 3.05) is 0 Å². The van der Waals surface area contributed by atoms with Gasteiger partial charge >= 0.3 is 0 Å². The summed E-state index contributed by atoms with van der Waals surface area (Å²) in [6, 6.07) is 9.09. The van der Waals surface area contributed by atoms with Crippen molar-refractivity contribution in [3.8, 4) is 0 Å². The Labute approximate surface area is 104 Å². The van der Waals surface area contributed by atoms with Gasteiger partial charge in [0, 0.05) is 24.3 Å². The van der Waals surface area contributed by atoms with Gasteiger partial charge in [-0.05, 0) is 29.8 Å². The molecule has 4 heteroatoms. The number of aromatic nitrogens is 2. The van der Waals surface area contributed by atoms with Crippen molar-refractivity contribution in [2.45, 2.75) is 6.92 Å². The van der Waals surface area contributed by atoms with Gasteiger partial charge in [-0.25, -0.2) is 4.68 Å². The number of halogens is 1. The highest BCUT2D eigenvalue weighted by Crippen LogP contribution is 2.16. The van der Waals surface area contributed by atoms with Crippen LogP contribution >= 0.6 is 11.6 Å². The van der Waals surface area contributed by atoms with Gasteiger partial charge in [0.05, 0.1) is 0 Å². The molecule has 1 aromatic carbocycles. The molecular weight excluding hydrogens is 236 g/mol. The van der Waals surface area contributed by atoms with Crippen molar-refractivity contribution >= 4 is 29.2 Å². The van der Waals surface area contributed by atoms with E-state index in [4.69, 9.17) is 11.6 Å². The molecule has 3 nitrogen and oxygen atoms in total. The Kier molecular flexibility index (Phi) is 3.40. The molecule has 86 valence electrons. The molecule has 0 fully saturated rings. The number of hydrogen-bond donors (Lipinski definition) is 0. The first-order valence-electron chi connectivity index (χ1n) is 5.15. The highest BCUT2D eigenvalue weighted by Gasteiger charge is 2.06. The maximum atomic E-state index is 11.6. The predicted molar refractivity (Wildman–Crippen MR) is 68.5 cm³/mol. The summed E-state index contributed by atoms with van der Waals surface area (Å²) in [6.07, 6.45) is 5.13. The molecule has 2 aromatic rings. The van der Waals surface area contributed by atoms with Gasteiger partial charge in [0.15, 0.2) is 5.78 Å². The van der Waals surface area contributed by atoms with E-state index in [1.165, 1.54) is 6.92 Å². The van der Waals surface area contributed by atoms with E-state index in [1.54, 1.807) is 41.4 Å². The van der Waals surface area contributed by atoms with Crippen LogP contribution in [0, 0.1) is 0 Å². The largest absolute Gasteiger partial charge is 0.293 e. The summed E-state index contributed by atoms with van der Waals surface area (Å²) >= 11 is 5.90. The van der Waals surface area contributed by atoms with Crippen LogP contribution in [-0.4, -0.2) is 15.6 Å². The van der Waals surface area contributed by atoms with Crippen LogP contribution in [0.3, 0.4) is 0 Å². The van der Waals surface area contributed by atoms with Crippen LogP contribution in [0.25, 0.3) is 11.8 Å². The third kappa shape index (κ3) is 2.82. The second-order valence-electron chi connectivity index (χ2n) is 3.59. The van der Waals surface area contributed by atoms with Gasteiger partial charge in [0.1, 0.15) is 5.70 Å². The Morgan fingerprint density at radius 1 is 1.41 bits per heavy atom. The lowest BCUT2D eigenvalue weighted by Gasteiger charge is -2.04. The molecule has 0 atom stereocenters. The molecule has 0 saturated heterocycles. The van der Waals surface area contributed by atoms with Gasteiger partial charge < -0.3 is 0 Å². The lowest BCUT2D eigenvalue weighted by molar-refractivity contribution is -0.112. The predicted octanol–water partition coefficient (Wildman–Crippen LogP) is 3.12. The van der Waals surface area contributed by atoms with Crippen LogP contribution in [0.1, 0.15) is 12.5 Å². The minimum Gasteiger partial charge on any atom is -0.293 e. The Balaban J connectivity index is 2.44. The average molecular weight is 247 g/mol. The number of hydrogen-bond acceptors (Lipinski definition) is 2. The van der Waals surface area contributed by atoms with Gasteiger partial charge in [0.2, 0.25) is 0 Å². The molecule has 1 heterocycles. The third-order valence-corrected chi connectivity index (χ3v) is 2.50. The Morgan fingerprint density at radius 2 is 2.24 bits per heavy atom. The highest BCUT2D eigenvalue weighted by atomic mass is 35.5. The van der Waals surface area contributed by atoms with Crippen LogP contribution < -0.4 is 0 Å². The van der Waals surface area contributed by atoms with Crippen LogP contribution in [0.2, 0.25) is 5.02 Å². The van der Waals surface area contributed by atoms with Crippen LogP contribution in [0.4, 0.5) is 0 Å². The second kappa shape index (κ2) is 4.97. The maximum absolute atomic E-state index is 11.6. The summed E-state index contributed by atoms with van der Waals surface area (Å²) in [7, 11) is 0. The lowest BCUT2D eigenvalue weighted by atomic mass is 10.1. The Bertz CT molecular complexity index is 559.